The van der Waals surface area contributed by atoms with Gasteiger partial charge >= 0.3 is 12.0 Å². The maximum atomic E-state index is 10.9. The Bertz CT molecular complexity index is 1200. The van der Waals surface area contributed by atoms with Gasteiger partial charge in [0.05, 0.1) is 10.2 Å². The Labute approximate surface area is 195 Å². The summed E-state index contributed by atoms with van der Waals surface area (Å²) in [4.78, 5) is 24.2. The first-order chi connectivity index (χ1) is 16.1. The van der Waals surface area contributed by atoms with E-state index in [1.54, 1.807) is 23.7 Å². The summed E-state index contributed by atoms with van der Waals surface area (Å²) in [5.74, 6) is -0.475. The SMILES string of the molecule is O=C(O)CC1CCC(Oc2ncc(-c3ccc(Nc4nc5ccccc5s4)cc3)cn2)CC1. The number of anilines is 2. The normalized spacial score (nSPS) is 18.2. The monoisotopic (exact) mass is 460 g/mol. The zero-order valence-corrected chi connectivity index (χ0v) is 18.8. The topological polar surface area (TPSA) is 97.2 Å². The first-order valence-electron chi connectivity index (χ1n) is 11.1. The van der Waals surface area contributed by atoms with Crippen molar-refractivity contribution in [3.05, 3.63) is 60.9 Å². The molecule has 0 atom stereocenters. The molecule has 8 heteroatoms. The van der Waals surface area contributed by atoms with Crippen LogP contribution in [-0.4, -0.2) is 32.1 Å². The van der Waals surface area contributed by atoms with E-state index < -0.39 is 5.97 Å². The van der Waals surface area contributed by atoms with E-state index in [1.807, 2.05) is 42.5 Å². The Morgan fingerprint density at radius 3 is 2.42 bits per heavy atom. The molecule has 2 aromatic heterocycles. The third-order valence-corrected chi connectivity index (χ3v) is 6.87. The van der Waals surface area contributed by atoms with E-state index in [-0.39, 0.29) is 18.4 Å². The molecule has 2 heterocycles. The molecule has 2 N–H and O–H groups in total. The Kier molecular flexibility index (Phi) is 6.17. The van der Waals surface area contributed by atoms with Crippen molar-refractivity contribution >= 4 is 38.3 Å². The molecule has 0 bridgehead atoms. The molecule has 168 valence electrons. The quantitative estimate of drug-likeness (QED) is 0.354. The highest BCUT2D eigenvalue weighted by molar-refractivity contribution is 7.22. The van der Waals surface area contributed by atoms with Gasteiger partial charge in [0.25, 0.3) is 0 Å². The number of carboxylic acids is 1. The van der Waals surface area contributed by atoms with E-state index >= 15 is 0 Å². The number of nitrogens with one attached hydrogen (secondary N) is 1. The number of benzene rings is 2. The standard InChI is InChI=1S/C25H24N4O3S/c30-23(31)13-16-5-11-20(12-6-16)32-24-26-14-18(15-27-24)17-7-9-19(10-8-17)28-25-29-21-3-1-2-4-22(21)33-25/h1-4,7-10,14-16,20H,5-6,11-13H2,(H,28,29)(H,30,31). The van der Waals surface area contributed by atoms with Crippen LogP contribution in [-0.2, 0) is 4.79 Å². The van der Waals surface area contributed by atoms with Crippen molar-refractivity contribution in [1.82, 2.24) is 15.0 Å². The van der Waals surface area contributed by atoms with Crippen molar-refractivity contribution in [2.24, 2.45) is 5.92 Å². The lowest BCUT2D eigenvalue weighted by Gasteiger charge is -2.27. The Morgan fingerprint density at radius 1 is 1.00 bits per heavy atom. The van der Waals surface area contributed by atoms with Crippen LogP contribution in [0.1, 0.15) is 32.1 Å². The van der Waals surface area contributed by atoms with E-state index in [1.165, 1.54) is 0 Å². The minimum Gasteiger partial charge on any atom is -0.481 e. The van der Waals surface area contributed by atoms with Gasteiger partial charge in [-0.3, -0.25) is 4.79 Å². The molecule has 0 saturated heterocycles. The second-order valence-electron chi connectivity index (χ2n) is 8.30. The van der Waals surface area contributed by atoms with Gasteiger partial charge < -0.3 is 15.2 Å². The highest BCUT2D eigenvalue weighted by Crippen LogP contribution is 2.30. The number of ether oxygens (including phenoxy) is 1. The fraction of sp³-hybridized carbons (Fsp3) is 0.280. The first-order valence-corrected chi connectivity index (χ1v) is 11.9. The number of fused-ring (bicyclic) bond motifs is 1. The largest absolute Gasteiger partial charge is 0.481 e. The van der Waals surface area contributed by atoms with E-state index in [0.717, 1.165) is 57.8 Å². The van der Waals surface area contributed by atoms with Crippen molar-refractivity contribution in [2.45, 2.75) is 38.2 Å². The molecular weight excluding hydrogens is 436 g/mol. The number of rotatable bonds is 7. The number of carbonyl (C=O) groups is 1. The molecule has 0 radical (unpaired) electrons. The van der Waals surface area contributed by atoms with Crippen LogP contribution in [0.3, 0.4) is 0 Å². The summed E-state index contributed by atoms with van der Waals surface area (Å²) in [7, 11) is 0. The van der Waals surface area contributed by atoms with Crippen LogP contribution in [0, 0.1) is 5.92 Å². The fourth-order valence-electron chi connectivity index (χ4n) is 4.17. The summed E-state index contributed by atoms with van der Waals surface area (Å²) in [6, 6.07) is 16.5. The third-order valence-electron chi connectivity index (χ3n) is 5.92. The van der Waals surface area contributed by atoms with Crippen molar-refractivity contribution in [1.29, 1.82) is 0 Å². The van der Waals surface area contributed by atoms with Crippen molar-refractivity contribution < 1.29 is 14.6 Å². The van der Waals surface area contributed by atoms with Gasteiger partial charge in [-0.2, -0.15) is 0 Å². The number of aliphatic carboxylic acids is 1. The van der Waals surface area contributed by atoms with Gasteiger partial charge in [0.15, 0.2) is 5.13 Å². The van der Waals surface area contributed by atoms with Crippen LogP contribution in [0.5, 0.6) is 6.01 Å². The van der Waals surface area contributed by atoms with Gasteiger partial charge in [-0.15, -0.1) is 0 Å². The number of para-hydroxylation sites is 1. The number of hydrogen-bond acceptors (Lipinski definition) is 7. The molecule has 1 fully saturated rings. The lowest BCUT2D eigenvalue weighted by Crippen LogP contribution is -2.25. The summed E-state index contributed by atoms with van der Waals surface area (Å²) in [5.41, 5.74) is 3.90. The minimum absolute atomic E-state index is 0.0498. The average molecular weight is 461 g/mol. The van der Waals surface area contributed by atoms with Crippen LogP contribution in [0.15, 0.2) is 60.9 Å². The molecule has 4 aromatic rings. The number of thiazole rings is 1. The zero-order valence-electron chi connectivity index (χ0n) is 18.0. The van der Waals surface area contributed by atoms with Gasteiger partial charge in [0, 0.05) is 30.1 Å². The van der Waals surface area contributed by atoms with Gasteiger partial charge in [0.1, 0.15) is 6.10 Å². The van der Waals surface area contributed by atoms with Crippen LogP contribution in [0.2, 0.25) is 0 Å². The van der Waals surface area contributed by atoms with Crippen LogP contribution < -0.4 is 10.1 Å². The molecule has 5 rings (SSSR count). The lowest BCUT2D eigenvalue weighted by atomic mass is 9.85. The second-order valence-corrected chi connectivity index (χ2v) is 9.33. The minimum atomic E-state index is -0.723. The smallest absolute Gasteiger partial charge is 0.316 e. The molecule has 0 unspecified atom stereocenters. The molecular formula is C25H24N4O3S. The molecule has 33 heavy (non-hydrogen) atoms. The van der Waals surface area contributed by atoms with E-state index in [4.69, 9.17) is 9.84 Å². The number of carboxylic acid groups (broad SMARTS) is 1. The number of aromatic nitrogens is 3. The average Bonchev–Trinajstić information content (AvgIpc) is 3.23. The molecule has 1 aliphatic carbocycles. The first kappa shape index (κ1) is 21.3. The van der Waals surface area contributed by atoms with Crippen molar-refractivity contribution in [3.63, 3.8) is 0 Å². The highest BCUT2D eigenvalue weighted by Gasteiger charge is 2.24. The summed E-state index contributed by atoms with van der Waals surface area (Å²) < 4.78 is 7.08. The predicted molar refractivity (Wildman–Crippen MR) is 129 cm³/mol. The molecule has 1 saturated carbocycles. The van der Waals surface area contributed by atoms with E-state index in [0.29, 0.717) is 6.01 Å². The molecule has 0 spiro atoms. The van der Waals surface area contributed by atoms with Gasteiger partial charge in [-0.1, -0.05) is 35.6 Å². The Morgan fingerprint density at radius 2 is 1.73 bits per heavy atom. The van der Waals surface area contributed by atoms with Crippen LogP contribution >= 0.6 is 11.3 Å². The maximum absolute atomic E-state index is 10.9. The summed E-state index contributed by atoms with van der Waals surface area (Å²) >= 11 is 1.63. The van der Waals surface area contributed by atoms with Crippen LogP contribution in [0.25, 0.3) is 21.3 Å². The molecule has 1 aliphatic rings. The lowest BCUT2D eigenvalue weighted by molar-refractivity contribution is -0.138. The Hall–Kier alpha value is -3.52. The molecule has 0 aliphatic heterocycles. The number of hydrogen-bond donors (Lipinski definition) is 2. The van der Waals surface area contributed by atoms with Gasteiger partial charge in [-0.05, 0) is 61.4 Å². The summed E-state index contributed by atoms with van der Waals surface area (Å²) in [5, 5.41) is 13.2. The molecule has 7 nitrogen and oxygen atoms in total. The molecule has 2 aromatic carbocycles. The number of nitrogens with zero attached hydrogens (tertiary/aromatic N) is 3. The van der Waals surface area contributed by atoms with Crippen molar-refractivity contribution in [2.75, 3.05) is 5.32 Å². The van der Waals surface area contributed by atoms with Crippen molar-refractivity contribution in [3.8, 4) is 17.1 Å². The van der Waals surface area contributed by atoms with E-state index in [9.17, 15) is 4.79 Å². The van der Waals surface area contributed by atoms with Crippen LogP contribution in [0.4, 0.5) is 10.8 Å². The Balaban J connectivity index is 1.17. The van der Waals surface area contributed by atoms with Gasteiger partial charge in [0.2, 0.25) is 0 Å². The maximum Gasteiger partial charge on any atom is 0.316 e. The fourth-order valence-corrected chi connectivity index (χ4v) is 5.06. The zero-order chi connectivity index (χ0) is 22.6. The summed E-state index contributed by atoms with van der Waals surface area (Å²) in [6.07, 6.45) is 7.25. The molecule has 0 amide bonds. The predicted octanol–water partition coefficient (Wildman–Crippen LogP) is 5.91. The van der Waals surface area contributed by atoms with Gasteiger partial charge in [-0.25, -0.2) is 15.0 Å². The highest BCUT2D eigenvalue weighted by atomic mass is 32.1. The van der Waals surface area contributed by atoms with E-state index in [2.05, 4.69) is 26.3 Å². The summed E-state index contributed by atoms with van der Waals surface area (Å²) in [6.45, 7) is 0. The second kappa shape index (κ2) is 9.54. The third kappa shape index (κ3) is 5.28.